The monoisotopic (exact) mass is 588 g/mol. The van der Waals surface area contributed by atoms with E-state index in [1.807, 2.05) is 0 Å². The molecule has 2 aliphatic heterocycles. The highest BCUT2D eigenvalue weighted by atomic mass is 16.5. The smallest absolute Gasteiger partial charge is 0.253 e. The molecule has 4 rings (SSSR count). The Morgan fingerprint density at radius 1 is 0.791 bits per heavy atom. The Hall–Kier alpha value is -4.60. The van der Waals surface area contributed by atoms with Gasteiger partial charge in [-0.05, 0) is 54.6 Å². The van der Waals surface area contributed by atoms with Crippen LogP contribution in [0.5, 0.6) is 11.5 Å². The Morgan fingerprint density at radius 3 is 1.72 bits per heavy atom. The molecule has 2 fully saturated rings. The van der Waals surface area contributed by atoms with Crippen molar-refractivity contribution in [3.63, 3.8) is 0 Å². The second-order valence-corrected chi connectivity index (χ2v) is 10.8. The number of likely N-dealkylation sites (tertiary alicyclic amines) is 2. The Bertz CT molecular complexity index is 1310. The molecule has 0 unspecified atom stereocenters. The molecule has 0 aliphatic carbocycles. The Labute approximate surface area is 252 Å². The molecule has 2 aromatic carbocycles. The van der Waals surface area contributed by atoms with Crippen LogP contribution in [0.2, 0.25) is 0 Å². The van der Waals surface area contributed by atoms with Crippen LogP contribution in [-0.2, 0) is 9.59 Å². The van der Waals surface area contributed by atoms with Gasteiger partial charge in [0.1, 0.15) is 23.7 Å². The molecule has 2 heterocycles. The maximum absolute atomic E-state index is 12.6. The van der Waals surface area contributed by atoms with E-state index >= 15 is 0 Å². The van der Waals surface area contributed by atoms with Crippen molar-refractivity contribution in [3.05, 3.63) is 84.5 Å². The number of nitrogens with zero attached hydrogens (tertiary/aromatic N) is 3. The van der Waals surface area contributed by atoms with Crippen LogP contribution in [-0.4, -0.2) is 97.4 Å². The second kappa shape index (κ2) is 15.0. The standard InChI is InChI=1S/C33H40N4O6/c1-4-30(38)36-20-15-28(16-21-36)42-26-11-7-24(8-12-26)32(40)34-19-5-6-31(39)37-22-17-29(18-23-37)43-27-13-9-25(10-14-27)33(41)35(2)3/h4-14,28-29H,1,15-23H2,2-3H3,(H,34,40)/b6-5+. The lowest BCUT2D eigenvalue weighted by Gasteiger charge is -2.31. The van der Waals surface area contributed by atoms with Crippen molar-refractivity contribution in [2.75, 3.05) is 46.8 Å². The van der Waals surface area contributed by atoms with Gasteiger partial charge in [-0.15, -0.1) is 0 Å². The van der Waals surface area contributed by atoms with Crippen LogP contribution in [0.1, 0.15) is 46.4 Å². The third kappa shape index (κ3) is 8.94. The Morgan fingerprint density at radius 2 is 1.26 bits per heavy atom. The summed E-state index contributed by atoms with van der Waals surface area (Å²) in [6, 6.07) is 14.1. The molecule has 0 saturated carbocycles. The molecule has 2 aliphatic rings. The molecule has 0 aromatic heterocycles. The van der Waals surface area contributed by atoms with Gasteiger partial charge in [0.2, 0.25) is 11.8 Å². The molecular formula is C33H40N4O6. The van der Waals surface area contributed by atoms with Crippen LogP contribution in [0.3, 0.4) is 0 Å². The quantitative estimate of drug-likeness (QED) is 0.427. The summed E-state index contributed by atoms with van der Waals surface area (Å²) in [5.41, 5.74) is 1.11. The van der Waals surface area contributed by atoms with Crippen molar-refractivity contribution in [1.82, 2.24) is 20.0 Å². The van der Waals surface area contributed by atoms with Crippen molar-refractivity contribution in [2.24, 2.45) is 0 Å². The fourth-order valence-electron chi connectivity index (χ4n) is 5.04. The van der Waals surface area contributed by atoms with E-state index in [0.29, 0.717) is 61.6 Å². The molecule has 1 N–H and O–H groups in total. The van der Waals surface area contributed by atoms with Gasteiger partial charge in [-0.2, -0.15) is 0 Å². The first kappa shape index (κ1) is 31.3. The summed E-state index contributed by atoms with van der Waals surface area (Å²) in [6.45, 7) is 6.20. The average molecular weight is 589 g/mol. The third-order valence-electron chi connectivity index (χ3n) is 7.55. The fraction of sp³-hybridized carbons (Fsp3) is 0.394. The number of hydrogen-bond acceptors (Lipinski definition) is 6. The minimum absolute atomic E-state index is 0.000506. The maximum atomic E-state index is 12.6. The molecule has 0 bridgehead atoms. The van der Waals surface area contributed by atoms with Crippen molar-refractivity contribution >= 4 is 23.6 Å². The van der Waals surface area contributed by atoms with E-state index < -0.39 is 0 Å². The SMILES string of the molecule is C=CC(=O)N1CCC(Oc2ccc(C(=O)NC/C=C/C(=O)N3CCC(Oc4ccc(C(=O)N(C)C)cc4)CC3)cc2)CC1. The molecule has 43 heavy (non-hydrogen) atoms. The predicted octanol–water partition coefficient (Wildman–Crippen LogP) is 3.30. The highest BCUT2D eigenvalue weighted by Crippen LogP contribution is 2.21. The van der Waals surface area contributed by atoms with E-state index in [1.54, 1.807) is 78.5 Å². The number of piperidine rings is 2. The van der Waals surface area contributed by atoms with Gasteiger partial charge < -0.3 is 29.5 Å². The zero-order valence-electron chi connectivity index (χ0n) is 24.9. The molecule has 10 heteroatoms. The first-order valence-electron chi connectivity index (χ1n) is 14.6. The largest absolute Gasteiger partial charge is 0.490 e. The highest BCUT2D eigenvalue weighted by Gasteiger charge is 2.24. The molecule has 10 nitrogen and oxygen atoms in total. The first-order chi connectivity index (χ1) is 20.7. The molecule has 2 aromatic rings. The van der Waals surface area contributed by atoms with E-state index in [2.05, 4.69) is 11.9 Å². The van der Waals surface area contributed by atoms with Crippen LogP contribution in [0.25, 0.3) is 0 Å². The van der Waals surface area contributed by atoms with Gasteiger partial charge in [0.15, 0.2) is 0 Å². The summed E-state index contributed by atoms with van der Waals surface area (Å²) in [5, 5.41) is 2.80. The molecule has 0 atom stereocenters. The highest BCUT2D eigenvalue weighted by molar-refractivity contribution is 5.95. The minimum Gasteiger partial charge on any atom is -0.490 e. The second-order valence-electron chi connectivity index (χ2n) is 10.8. The third-order valence-corrected chi connectivity index (χ3v) is 7.55. The maximum Gasteiger partial charge on any atom is 0.253 e. The number of rotatable bonds is 10. The average Bonchev–Trinajstić information content (AvgIpc) is 3.03. The van der Waals surface area contributed by atoms with Crippen molar-refractivity contribution < 1.29 is 28.7 Å². The van der Waals surface area contributed by atoms with Crippen LogP contribution >= 0.6 is 0 Å². The molecule has 4 amide bonds. The van der Waals surface area contributed by atoms with Crippen LogP contribution in [0, 0.1) is 0 Å². The minimum atomic E-state index is -0.239. The summed E-state index contributed by atoms with van der Waals surface area (Å²) >= 11 is 0. The Balaban J connectivity index is 1.13. The number of ether oxygens (including phenoxy) is 2. The molecule has 2 saturated heterocycles. The number of carbonyl (C=O) groups excluding carboxylic acids is 4. The molecule has 228 valence electrons. The summed E-state index contributed by atoms with van der Waals surface area (Å²) in [6.07, 6.45) is 7.41. The normalized spacial score (nSPS) is 16.0. The van der Waals surface area contributed by atoms with Gasteiger partial charge in [0, 0.05) is 89.7 Å². The lowest BCUT2D eigenvalue weighted by Crippen LogP contribution is -2.41. The van der Waals surface area contributed by atoms with Gasteiger partial charge in [-0.1, -0.05) is 12.7 Å². The van der Waals surface area contributed by atoms with Crippen molar-refractivity contribution in [1.29, 1.82) is 0 Å². The van der Waals surface area contributed by atoms with Crippen LogP contribution < -0.4 is 14.8 Å². The Kier molecular flexibility index (Phi) is 11.0. The molecular weight excluding hydrogens is 548 g/mol. The zero-order valence-corrected chi connectivity index (χ0v) is 24.9. The van der Waals surface area contributed by atoms with Gasteiger partial charge in [-0.25, -0.2) is 0 Å². The first-order valence-corrected chi connectivity index (χ1v) is 14.6. The summed E-state index contributed by atoms with van der Waals surface area (Å²) in [5.74, 6) is 0.936. The van der Waals surface area contributed by atoms with E-state index in [0.717, 1.165) is 12.8 Å². The topological polar surface area (TPSA) is 108 Å². The predicted molar refractivity (Wildman–Crippen MR) is 163 cm³/mol. The molecule has 0 radical (unpaired) electrons. The fourth-order valence-corrected chi connectivity index (χ4v) is 5.04. The summed E-state index contributed by atoms with van der Waals surface area (Å²) in [7, 11) is 3.43. The van der Waals surface area contributed by atoms with Gasteiger partial charge in [-0.3, -0.25) is 19.2 Å². The number of amides is 4. The summed E-state index contributed by atoms with van der Waals surface area (Å²) < 4.78 is 12.1. The van der Waals surface area contributed by atoms with Gasteiger partial charge >= 0.3 is 0 Å². The number of benzene rings is 2. The number of hydrogen-bond donors (Lipinski definition) is 1. The number of nitrogens with one attached hydrogen (secondary N) is 1. The van der Waals surface area contributed by atoms with E-state index in [9.17, 15) is 19.2 Å². The molecule has 0 spiro atoms. The van der Waals surface area contributed by atoms with Crippen molar-refractivity contribution in [3.8, 4) is 11.5 Å². The van der Waals surface area contributed by atoms with Crippen LogP contribution in [0.15, 0.2) is 73.3 Å². The van der Waals surface area contributed by atoms with E-state index in [-0.39, 0.29) is 42.4 Å². The van der Waals surface area contributed by atoms with Crippen LogP contribution in [0.4, 0.5) is 0 Å². The zero-order chi connectivity index (χ0) is 30.8. The van der Waals surface area contributed by atoms with E-state index in [4.69, 9.17) is 9.47 Å². The van der Waals surface area contributed by atoms with Gasteiger partial charge in [0.05, 0.1) is 0 Å². The lowest BCUT2D eigenvalue weighted by atomic mass is 10.1. The van der Waals surface area contributed by atoms with Gasteiger partial charge in [0.25, 0.3) is 11.8 Å². The summed E-state index contributed by atoms with van der Waals surface area (Å²) in [4.78, 5) is 54.0. The number of carbonyl (C=O) groups is 4. The van der Waals surface area contributed by atoms with Crippen molar-refractivity contribution in [2.45, 2.75) is 37.9 Å². The van der Waals surface area contributed by atoms with E-state index in [1.165, 1.54) is 17.1 Å². The lowest BCUT2D eigenvalue weighted by molar-refractivity contribution is -0.128.